The van der Waals surface area contributed by atoms with Crippen molar-refractivity contribution >= 4 is 0 Å². The summed E-state index contributed by atoms with van der Waals surface area (Å²) in [5.74, 6) is 8.00. The number of fused-ring (bicyclic) bond motifs is 1. The van der Waals surface area contributed by atoms with Gasteiger partial charge in [0.1, 0.15) is 5.82 Å². The van der Waals surface area contributed by atoms with Gasteiger partial charge < -0.3 is 0 Å². The van der Waals surface area contributed by atoms with Crippen LogP contribution in [0.15, 0.2) is 24.3 Å². The van der Waals surface area contributed by atoms with E-state index in [0.717, 1.165) is 23.8 Å². The van der Waals surface area contributed by atoms with Gasteiger partial charge in [-0.25, -0.2) is 4.39 Å². The SMILES string of the molecule is NNC(Cc1cccc(F)c1)C1C2CCCCC21. The fourth-order valence-electron chi connectivity index (χ4n) is 3.87. The Morgan fingerprint density at radius 3 is 2.61 bits per heavy atom. The van der Waals surface area contributed by atoms with Crippen LogP contribution < -0.4 is 11.3 Å². The van der Waals surface area contributed by atoms with E-state index in [1.54, 1.807) is 12.1 Å². The quantitative estimate of drug-likeness (QED) is 0.635. The zero-order chi connectivity index (χ0) is 12.5. The Balaban J connectivity index is 1.66. The Morgan fingerprint density at radius 2 is 2.00 bits per heavy atom. The van der Waals surface area contributed by atoms with Gasteiger partial charge in [0.25, 0.3) is 0 Å². The summed E-state index contributed by atoms with van der Waals surface area (Å²) >= 11 is 0. The molecule has 2 aliphatic carbocycles. The van der Waals surface area contributed by atoms with Crippen LogP contribution >= 0.6 is 0 Å². The predicted octanol–water partition coefficient (Wildman–Crippen LogP) is 2.64. The highest BCUT2D eigenvalue weighted by molar-refractivity contribution is 5.19. The lowest BCUT2D eigenvalue weighted by Crippen LogP contribution is -2.39. The zero-order valence-electron chi connectivity index (χ0n) is 10.6. The molecule has 0 heterocycles. The second-order valence-corrected chi connectivity index (χ2v) is 5.80. The molecule has 2 fully saturated rings. The highest BCUT2D eigenvalue weighted by atomic mass is 19.1. The maximum absolute atomic E-state index is 13.2. The maximum atomic E-state index is 13.2. The standard InChI is InChI=1S/C15H21FN2/c16-11-5-3-4-10(8-11)9-14(18-17)15-12-6-1-2-7-13(12)15/h3-5,8,12-15,18H,1-2,6-7,9,17H2. The molecule has 3 N–H and O–H groups in total. The van der Waals surface area contributed by atoms with Crippen LogP contribution in [0.4, 0.5) is 4.39 Å². The van der Waals surface area contributed by atoms with Crippen molar-refractivity contribution in [2.24, 2.45) is 23.6 Å². The third-order valence-corrected chi connectivity index (χ3v) is 4.75. The van der Waals surface area contributed by atoms with E-state index < -0.39 is 0 Å². The van der Waals surface area contributed by atoms with Crippen molar-refractivity contribution in [2.45, 2.75) is 38.1 Å². The molecule has 0 aliphatic heterocycles. The van der Waals surface area contributed by atoms with E-state index in [9.17, 15) is 4.39 Å². The van der Waals surface area contributed by atoms with Gasteiger partial charge in [-0.1, -0.05) is 25.0 Å². The topological polar surface area (TPSA) is 38.0 Å². The molecule has 1 aromatic carbocycles. The molecule has 18 heavy (non-hydrogen) atoms. The minimum absolute atomic E-state index is 0.156. The Morgan fingerprint density at radius 1 is 1.28 bits per heavy atom. The molecule has 1 aromatic rings. The molecular weight excluding hydrogens is 227 g/mol. The van der Waals surface area contributed by atoms with Crippen molar-refractivity contribution in [3.8, 4) is 0 Å². The van der Waals surface area contributed by atoms with E-state index in [2.05, 4.69) is 5.43 Å². The Hall–Kier alpha value is -0.930. The largest absolute Gasteiger partial charge is 0.271 e. The van der Waals surface area contributed by atoms with Gasteiger partial charge in [0.05, 0.1) is 0 Å². The van der Waals surface area contributed by atoms with Gasteiger partial charge in [0, 0.05) is 6.04 Å². The number of hydrogen-bond donors (Lipinski definition) is 2. The Bertz CT molecular complexity index is 409. The summed E-state index contributed by atoms with van der Waals surface area (Å²) in [4.78, 5) is 0. The fraction of sp³-hybridized carbons (Fsp3) is 0.600. The highest BCUT2D eigenvalue weighted by Crippen LogP contribution is 2.57. The molecule has 2 aliphatic rings. The average molecular weight is 248 g/mol. The Kier molecular flexibility index (Phi) is 3.35. The number of nitrogens with two attached hydrogens (primary N) is 1. The predicted molar refractivity (Wildman–Crippen MR) is 70.2 cm³/mol. The molecule has 0 bridgehead atoms. The lowest BCUT2D eigenvalue weighted by molar-refractivity contribution is 0.436. The van der Waals surface area contributed by atoms with Crippen molar-refractivity contribution < 1.29 is 4.39 Å². The number of rotatable bonds is 4. The molecule has 0 aromatic heterocycles. The molecule has 0 amide bonds. The normalized spacial score (nSPS) is 31.8. The number of hydrazine groups is 1. The van der Waals surface area contributed by atoms with E-state index in [1.807, 2.05) is 6.07 Å². The summed E-state index contributed by atoms with van der Waals surface area (Å²) in [6.07, 6.45) is 6.29. The molecule has 3 rings (SSSR count). The molecule has 0 spiro atoms. The average Bonchev–Trinajstić information content (AvgIpc) is 3.10. The van der Waals surface area contributed by atoms with Crippen LogP contribution in [0.3, 0.4) is 0 Å². The molecular formula is C15H21FN2. The molecule has 98 valence electrons. The molecule has 2 nitrogen and oxygen atoms in total. The third-order valence-electron chi connectivity index (χ3n) is 4.75. The molecule has 0 radical (unpaired) electrons. The van der Waals surface area contributed by atoms with Crippen LogP contribution in [0.2, 0.25) is 0 Å². The van der Waals surface area contributed by atoms with Gasteiger partial charge in [0.2, 0.25) is 0 Å². The van der Waals surface area contributed by atoms with Crippen LogP contribution in [0.1, 0.15) is 31.2 Å². The van der Waals surface area contributed by atoms with E-state index in [1.165, 1.54) is 31.7 Å². The molecule has 2 saturated carbocycles. The highest BCUT2D eigenvalue weighted by Gasteiger charge is 2.53. The summed E-state index contributed by atoms with van der Waals surface area (Å²) in [6.45, 7) is 0. The monoisotopic (exact) mass is 248 g/mol. The van der Waals surface area contributed by atoms with E-state index >= 15 is 0 Å². The number of benzene rings is 1. The first-order valence-corrected chi connectivity index (χ1v) is 7.00. The molecule has 3 atom stereocenters. The minimum Gasteiger partial charge on any atom is -0.271 e. The van der Waals surface area contributed by atoms with E-state index in [4.69, 9.17) is 5.84 Å². The summed E-state index contributed by atoms with van der Waals surface area (Å²) < 4.78 is 13.2. The summed E-state index contributed by atoms with van der Waals surface area (Å²) in [5, 5.41) is 0. The van der Waals surface area contributed by atoms with Crippen molar-refractivity contribution in [2.75, 3.05) is 0 Å². The van der Waals surface area contributed by atoms with Crippen molar-refractivity contribution in [3.05, 3.63) is 35.6 Å². The second-order valence-electron chi connectivity index (χ2n) is 5.80. The van der Waals surface area contributed by atoms with Crippen molar-refractivity contribution in [1.82, 2.24) is 5.43 Å². The van der Waals surface area contributed by atoms with Gasteiger partial charge in [-0.05, 0) is 54.7 Å². The number of nitrogens with one attached hydrogen (secondary N) is 1. The van der Waals surface area contributed by atoms with Gasteiger partial charge in [-0.15, -0.1) is 0 Å². The van der Waals surface area contributed by atoms with Crippen LogP contribution in [0, 0.1) is 23.6 Å². The van der Waals surface area contributed by atoms with Gasteiger partial charge in [-0.3, -0.25) is 11.3 Å². The third kappa shape index (κ3) is 2.29. The first-order valence-electron chi connectivity index (χ1n) is 7.00. The number of halogens is 1. The van der Waals surface area contributed by atoms with Gasteiger partial charge in [-0.2, -0.15) is 0 Å². The van der Waals surface area contributed by atoms with Crippen molar-refractivity contribution in [1.29, 1.82) is 0 Å². The molecule has 3 unspecified atom stereocenters. The van der Waals surface area contributed by atoms with Crippen LogP contribution in [0.5, 0.6) is 0 Å². The summed E-state index contributed by atoms with van der Waals surface area (Å²) in [5.41, 5.74) is 4.01. The second kappa shape index (κ2) is 4.98. The zero-order valence-corrected chi connectivity index (χ0v) is 10.6. The molecule has 0 saturated heterocycles. The summed E-state index contributed by atoms with van der Waals surface area (Å²) in [7, 11) is 0. The Labute approximate surface area is 108 Å². The summed E-state index contributed by atoms with van der Waals surface area (Å²) in [6, 6.07) is 7.18. The first kappa shape index (κ1) is 12.1. The first-order chi connectivity index (χ1) is 8.79. The molecule has 3 heteroatoms. The van der Waals surface area contributed by atoms with E-state index in [-0.39, 0.29) is 5.82 Å². The lowest BCUT2D eigenvalue weighted by atomic mass is 10.0. The van der Waals surface area contributed by atoms with Crippen LogP contribution in [-0.2, 0) is 6.42 Å². The van der Waals surface area contributed by atoms with E-state index in [0.29, 0.717) is 12.0 Å². The van der Waals surface area contributed by atoms with Gasteiger partial charge in [0.15, 0.2) is 0 Å². The minimum atomic E-state index is -0.156. The smallest absolute Gasteiger partial charge is 0.123 e. The van der Waals surface area contributed by atoms with Crippen LogP contribution in [-0.4, -0.2) is 6.04 Å². The van der Waals surface area contributed by atoms with Crippen molar-refractivity contribution in [3.63, 3.8) is 0 Å². The maximum Gasteiger partial charge on any atom is 0.123 e. The fourth-order valence-corrected chi connectivity index (χ4v) is 3.87. The van der Waals surface area contributed by atoms with Crippen LogP contribution in [0.25, 0.3) is 0 Å². The van der Waals surface area contributed by atoms with Gasteiger partial charge >= 0.3 is 0 Å². The number of hydrogen-bond acceptors (Lipinski definition) is 2. The lowest BCUT2D eigenvalue weighted by Gasteiger charge is -2.16.